The number of imidazole rings is 1. The second-order valence-corrected chi connectivity index (χ2v) is 3.85. The first-order valence-corrected chi connectivity index (χ1v) is 5.54. The number of nitrogens with zero attached hydrogens (tertiary/aromatic N) is 1. The number of nitrogens with one attached hydrogen (secondary N) is 4. The molecular formula is C11H13N5S. The van der Waals surface area contributed by atoms with Crippen molar-refractivity contribution in [3.05, 3.63) is 42.4 Å². The number of benzene rings is 1. The molecule has 0 unspecified atom stereocenters. The lowest BCUT2D eigenvalue weighted by atomic mass is 10.3. The molecule has 88 valence electrons. The summed E-state index contributed by atoms with van der Waals surface area (Å²) in [6, 6.07) is 9.71. The maximum atomic E-state index is 5.13. The first kappa shape index (κ1) is 11.4. The van der Waals surface area contributed by atoms with Crippen molar-refractivity contribution in [1.82, 2.24) is 15.4 Å². The summed E-state index contributed by atoms with van der Waals surface area (Å²) < 4.78 is 0. The minimum Gasteiger partial charge on any atom is -0.347 e. The summed E-state index contributed by atoms with van der Waals surface area (Å²) in [4.78, 5) is 7.04. The van der Waals surface area contributed by atoms with Crippen LogP contribution in [0.15, 0.2) is 36.7 Å². The Kier molecular flexibility index (Phi) is 3.56. The van der Waals surface area contributed by atoms with E-state index in [1.165, 1.54) is 0 Å². The minimum absolute atomic E-state index is 0.485. The maximum Gasteiger partial charge on any atom is 0.189 e. The Morgan fingerprint density at radius 3 is 2.71 bits per heavy atom. The Hall–Kier alpha value is -2.08. The number of anilines is 2. The van der Waals surface area contributed by atoms with E-state index in [1.54, 1.807) is 6.33 Å². The van der Waals surface area contributed by atoms with Crippen molar-refractivity contribution >= 4 is 28.8 Å². The molecule has 0 radical (unpaired) electrons. The van der Waals surface area contributed by atoms with Crippen LogP contribution in [0.5, 0.6) is 0 Å². The van der Waals surface area contributed by atoms with Gasteiger partial charge in [-0.2, -0.15) is 0 Å². The maximum absolute atomic E-state index is 5.13. The predicted molar refractivity (Wildman–Crippen MR) is 72.7 cm³/mol. The van der Waals surface area contributed by atoms with E-state index in [9.17, 15) is 0 Å². The number of H-pyrrole nitrogens is 1. The largest absolute Gasteiger partial charge is 0.347 e. The van der Waals surface area contributed by atoms with Gasteiger partial charge < -0.3 is 10.3 Å². The molecule has 4 N–H and O–H groups in total. The van der Waals surface area contributed by atoms with E-state index < -0.39 is 0 Å². The van der Waals surface area contributed by atoms with E-state index in [0.717, 1.165) is 17.2 Å². The first-order chi connectivity index (χ1) is 8.25. The fourth-order valence-corrected chi connectivity index (χ4v) is 1.45. The molecule has 0 fully saturated rings. The number of hydrogen-bond acceptors (Lipinski definition) is 3. The number of aryl methyl sites for hydroxylation is 1. The molecule has 0 aliphatic carbocycles. The number of hydrogen-bond donors (Lipinski definition) is 4. The molecule has 1 aromatic heterocycles. The zero-order chi connectivity index (χ0) is 12.1. The third-order valence-corrected chi connectivity index (χ3v) is 2.36. The molecule has 0 saturated heterocycles. The SMILES string of the molecule is Cc1[nH]cnc1NNC(=S)Nc1ccccc1. The van der Waals surface area contributed by atoms with Gasteiger partial charge in [0.25, 0.3) is 0 Å². The van der Waals surface area contributed by atoms with Crippen LogP contribution in [0.25, 0.3) is 0 Å². The van der Waals surface area contributed by atoms with Gasteiger partial charge in [-0.05, 0) is 31.3 Å². The Labute approximate surface area is 105 Å². The van der Waals surface area contributed by atoms with Gasteiger partial charge in [0.05, 0.1) is 12.0 Å². The number of hydrazine groups is 1. The van der Waals surface area contributed by atoms with Crippen molar-refractivity contribution in [3.63, 3.8) is 0 Å². The molecule has 2 rings (SSSR count). The summed E-state index contributed by atoms with van der Waals surface area (Å²) in [5, 5.41) is 3.53. The van der Waals surface area contributed by atoms with Crippen LogP contribution in [-0.4, -0.2) is 15.1 Å². The molecule has 1 aromatic carbocycles. The van der Waals surface area contributed by atoms with Crippen molar-refractivity contribution in [2.45, 2.75) is 6.92 Å². The highest BCUT2D eigenvalue weighted by Crippen LogP contribution is 2.06. The lowest BCUT2D eigenvalue weighted by molar-refractivity contribution is 1.10. The number of para-hydroxylation sites is 1. The van der Waals surface area contributed by atoms with Crippen LogP contribution in [0.1, 0.15) is 5.69 Å². The van der Waals surface area contributed by atoms with E-state index in [0.29, 0.717) is 5.11 Å². The smallest absolute Gasteiger partial charge is 0.189 e. The molecular weight excluding hydrogens is 234 g/mol. The highest BCUT2D eigenvalue weighted by molar-refractivity contribution is 7.80. The molecule has 5 nitrogen and oxygen atoms in total. The van der Waals surface area contributed by atoms with E-state index >= 15 is 0 Å². The Morgan fingerprint density at radius 2 is 2.06 bits per heavy atom. The van der Waals surface area contributed by atoms with Crippen LogP contribution >= 0.6 is 12.2 Å². The first-order valence-electron chi connectivity index (χ1n) is 5.14. The van der Waals surface area contributed by atoms with Crippen LogP contribution in [0.2, 0.25) is 0 Å². The molecule has 0 spiro atoms. The lowest BCUT2D eigenvalue weighted by Crippen LogP contribution is -2.33. The fraction of sp³-hybridized carbons (Fsp3) is 0.0909. The second kappa shape index (κ2) is 5.31. The minimum atomic E-state index is 0.485. The van der Waals surface area contributed by atoms with Crippen molar-refractivity contribution < 1.29 is 0 Å². The standard InChI is InChI=1S/C11H13N5S/c1-8-10(13-7-12-8)15-16-11(17)14-9-5-3-2-4-6-9/h2-7,15H,1H3,(H,12,13)(H2,14,16,17). The molecule has 0 amide bonds. The number of thiocarbonyl (C=S) groups is 1. The summed E-state index contributed by atoms with van der Waals surface area (Å²) in [5.74, 6) is 0.724. The van der Waals surface area contributed by atoms with Gasteiger partial charge in [-0.25, -0.2) is 4.98 Å². The van der Waals surface area contributed by atoms with Gasteiger partial charge in [-0.15, -0.1) is 0 Å². The number of aromatic nitrogens is 2. The normalized spacial score (nSPS) is 9.71. The molecule has 1 heterocycles. The number of rotatable bonds is 3. The second-order valence-electron chi connectivity index (χ2n) is 3.45. The van der Waals surface area contributed by atoms with Crippen LogP contribution in [0.3, 0.4) is 0 Å². The highest BCUT2D eigenvalue weighted by atomic mass is 32.1. The van der Waals surface area contributed by atoms with Crippen LogP contribution < -0.4 is 16.2 Å². The molecule has 0 saturated carbocycles. The molecule has 0 atom stereocenters. The third kappa shape index (κ3) is 3.18. The molecule has 0 aliphatic rings. The monoisotopic (exact) mass is 247 g/mol. The number of aromatic amines is 1. The predicted octanol–water partition coefficient (Wildman–Crippen LogP) is 2.03. The van der Waals surface area contributed by atoms with Crippen molar-refractivity contribution in [1.29, 1.82) is 0 Å². The van der Waals surface area contributed by atoms with E-state index in [1.807, 2.05) is 37.3 Å². The quantitative estimate of drug-likeness (QED) is 0.494. The fourth-order valence-electron chi connectivity index (χ4n) is 1.28. The van der Waals surface area contributed by atoms with Crippen molar-refractivity contribution in [2.24, 2.45) is 0 Å². The lowest BCUT2D eigenvalue weighted by Gasteiger charge is -2.11. The van der Waals surface area contributed by atoms with Crippen molar-refractivity contribution in [2.75, 3.05) is 10.7 Å². The Balaban J connectivity index is 1.84. The molecule has 6 heteroatoms. The third-order valence-electron chi connectivity index (χ3n) is 2.16. The highest BCUT2D eigenvalue weighted by Gasteiger charge is 2.00. The Bertz CT molecular complexity index is 494. The van der Waals surface area contributed by atoms with Crippen LogP contribution in [0.4, 0.5) is 11.5 Å². The zero-order valence-corrected chi connectivity index (χ0v) is 10.1. The van der Waals surface area contributed by atoms with Gasteiger partial charge >= 0.3 is 0 Å². The molecule has 0 bridgehead atoms. The van der Waals surface area contributed by atoms with E-state index in [-0.39, 0.29) is 0 Å². The van der Waals surface area contributed by atoms with Gasteiger partial charge in [0, 0.05) is 5.69 Å². The van der Waals surface area contributed by atoms with Gasteiger partial charge in [-0.3, -0.25) is 10.9 Å². The summed E-state index contributed by atoms with van der Waals surface area (Å²) in [7, 11) is 0. The zero-order valence-electron chi connectivity index (χ0n) is 9.32. The summed E-state index contributed by atoms with van der Waals surface area (Å²) in [6.07, 6.45) is 1.62. The van der Waals surface area contributed by atoms with Gasteiger partial charge in [0.2, 0.25) is 0 Å². The topological polar surface area (TPSA) is 64.8 Å². The van der Waals surface area contributed by atoms with Gasteiger partial charge in [0.1, 0.15) is 0 Å². The van der Waals surface area contributed by atoms with E-state index in [2.05, 4.69) is 26.1 Å². The molecule has 17 heavy (non-hydrogen) atoms. The molecule has 0 aliphatic heterocycles. The van der Waals surface area contributed by atoms with Gasteiger partial charge in [0.15, 0.2) is 10.9 Å². The van der Waals surface area contributed by atoms with Crippen molar-refractivity contribution in [3.8, 4) is 0 Å². The van der Waals surface area contributed by atoms with Crippen LogP contribution in [-0.2, 0) is 0 Å². The van der Waals surface area contributed by atoms with Gasteiger partial charge in [-0.1, -0.05) is 18.2 Å². The average Bonchev–Trinajstić information content (AvgIpc) is 2.74. The summed E-state index contributed by atoms with van der Waals surface area (Å²) in [5.41, 5.74) is 7.66. The van der Waals surface area contributed by atoms with E-state index in [4.69, 9.17) is 12.2 Å². The molecule has 2 aromatic rings. The summed E-state index contributed by atoms with van der Waals surface area (Å²) in [6.45, 7) is 1.92. The summed E-state index contributed by atoms with van der Waals surface area (Å²) >= 11 is 5.13. The Morgan fingerprint density at radius 1 is 1.29 bits per heavy atom. The van der Waals surface area contributed by atoms with Crippen LogP contribution in [0, 0.1) is 6.92 Å². The average molecular weight is 247 g/mol.